The van der Waals surface area contributed by atoms with Crippen molar-refractivity contribution in [2.45, 2.75) is 25.7 Å². The highest BCUT2D eigenvalue weighted by Crippen LogP contribution is 2.60. The SMILES string of the molecule is COCCNCC1(Cc2cccc(F)c2F)CC2CC2C1. The van der Waals surface area contributed by atoms with Gasteiger partial charge in [0.1, 0.15) is 0 Å². The third kappa shape index (κ3) is 3.27. The molecular weight excluding hydrogens is 272 g/mol. The number of methoxy groups -OCH3 is 1. The third-order valence-corrected chi connectivity index (χ3v) is 5.04. The monoisotopic (exact) mass is 295 g/mol. The minimum Gasteiger partial charge on any atom is -0.383 e. The van der Waals surface area contributed by atoms with Gasteiger partial charge in [0, 0.05) is 20.2 Å². The Bertz CT molecular complexity index is 496. The zero-order chi connectivity index (χ0) is 14.9. The highest BCUT2D eigenvalue weighted by atomic mass is 19.2. The molecular formula is C17H23F2NO. The number of halogens is 2. The van der Waals surface area contributed by atoms with Gasteiger partial charge >= 0.3 is 0 Å². The molecule has 0 aliphatic heterocycles. The van der Waals surface area contributed by atoms with Crippen molar-refractivity contribution in [2.24, 2.45) is 17.3 Å². The predicted molar refractivity (Wildman–Crippen MR) is 78.1 cm³/mol. The van der Waals surface area contributed by atoms with E-state index in [4.69, 9.17) is 4.74 Å². The van der Waals surface area contributed by atoms with Crippen molar-refractivity contribution in [3.63, 3.8) is 0 Å². The molecule has 2 aliphatic carbocycles. The Morgan fingerprint density at radius 2 is 2.05 bits per heavy atom. The fourth-order valence-electron chi connectivity index (χ4n) is 3.97. The van der Waals surface area contributed by atoms with E-state index in [1.165, 1.54) is 12.5 Å². The lowest BCUT2D eigenvalue weighted by Crippen LogP contribution is -2.37. The van der Waals surface area contributed by atoms with Crippen LogP contribution < -0.4 is 5.32 Å². The smallest absolute Gasteiger partial charge is 0.162 e. The summed E-state index contributed by atoms with van der Waals surface area (Å²) in [6.07, 6.45) is 4.22. The Hall–Kier alpha value is -1.00. The standard InChI is InChI=1S/C17H23F2NO/c1-21-6-5-20-11-17(9-13-7-14(13)10-17)8-12-3-2-4-15(18)16(12)19/h2-4,13-14,20H,5-11H2,1H3. The average Bonchev–Trinajstić information content (AvgIpc) is 3.08. The molecule has 1 aromatic rings. The normalized spacial score (nSPS) is 30.4. The summed E-state index contributed by atoms with van der Waals surface area (Å²) in [7, 11) is 1.68. The highest BCUT2D eigenvalue weighted by molar-refractivity contribution is 5.22. The van der Waals surface area contributed by atoms with E-state index in [1.54, 1.807) is 19.2 Å². The second-order valence-electron chi connectivity index (χ2n) is 6.72. The van der Waals surface area contributed by atoms with Crippen LogP contribution in [0.3, 0.4) is 0 Å². The molecule has 0 spiro atoms. The number of hydrogen-bond acceptors (Lipinski definition) is 2. The van der Waals surface area contributed by atoms with Gasteiger partial charge in [-0.1, -0.05) is 12.1 Å². The second-order valence-corrected chi connectivity index (χ2v) is 6.72. The lowest BCUT2D eigenvalue weighted by atomic mass is 9.77. The zero-order valence-corrected chi connectivity index (χ0v) is 12.5. The molecule has 2 atom stereocenters. The van der Waals surface area contributed by atoms with Crippen molar-refractivity contribution in [1.82, 2.24) is 5.32 Å². The van der Waals surface area contributed by atoms with Gasteiger partial charge < -0.3 is 10.1 Å². The Morgan fingerprint density at radius 3 is 2.76 bits per heavy atom. The van der Waals surface area contributed by atoms with Crippen molar-refractivity contribution in [3.8, 4) is 0 Å². The summed E-state index contributed by atoms with van der Waals surface area (Å²) >= 11 is 0. The fourth-order valence-corrected chi connectivity index (χ4v) is 3.97. The molecule has 0 saturated heterocycles. The van der Waals surface area contributed by atoms with Crippen LogP contribution in [-0.2, 0) is 11.2 Å². The molecule has 2 saturated carbocycles. The third-order valence-electron chi connectivity index (χ3n) is 5.04. The molecule has 0 amide bonds. The Kier molecular flexibility index (Phi) is 4.27. The number of rotatable bonds is 7. The molecule has 2 fully saturated rings. The van der Waals surface area contributed by atoms with Crippen LogP contribution in [0.25, 0.3) is 0 Å². The van der Waals surface area contributed by atoms with Gasteiger partial charge in [0.05, 0.1) is 6.61 Å². The fraction of sp³-hybridized carbons (Fsp3) is 0.647. The van der Waals surface area contributed by atoms with Crippen LogP contribution in [0.5, 0.6) is 0 Å². The van der Waals surface area contributed by atoms with Gasteiger partial charge in [0.15, 0.2) is 11.6 Å². The van der Waals surface area contributed by atoms with Gasteiger partial charge in [-0.25, -0.2) is 8.78 Å². The maximum Gasteiger partial charge on any atom is 0.162 e. The summed E-state index contributed by atoms with van der Waals surface area (Å²) in [5, 5.41) is 3.42. The molecule has 3 rings (SSSR count). The average molecular weight is 295 g/mol. The maximum atomic E-state index is 14.0. The first-order valence-electron chi connectivity index (χ1n) is 7.76. The van der Waals surface area contributed by atoms with Gasteiger partial charge in [-0.3, -0.25) is 0 Å². The van der Waals surface area contributed by atoms with Crippen LogP contribution in [0.2, 0.25) is 0 Å². The van der Waals surface area contributed by atoms with Crippen LogP contribution in [0.4, 0.5) is 8.78 Å². The summed E-state index contributed by atoms with van der Waals surface area (Å²) in [5.41, 5.74) is 0.598. The predicted octanol–water partition coefficient (Wildman–Crippen LogP) is 3.16. The molecule has 1 aromatic carbocycles. The molecule has 21 heavy (non-hydrogen) atoms. The van der Waals surface area contributed by atoms with E-state index in [-0.39, 0.29) is 5.41 Å². The minimum atomic E-state index is -0.738. The molecule has 0 bridgehead atoms. The van der Waals surface area contributed by atoms with E-state index in [2.05, 4.69) is 5.32 Å². The van der Waals surface area contributed by atoms with Gasteiger partial charge in [-0.15, -0.1) is 0 Å². The second kappa shape index (κ2) is 6.01. The first-order valence-corrected chi connectivity index (χ1v) is 7.76. The van der Waals surface area contributed by atoms with Crippen LogP contribution in [0, 0.1) is 28.9 Å². The van der Waals surface area contributed by atoms with E-state index >= 15 is 0 Å². The van der Waals surface area contributed by atoms with Gasteiger partial charge in [-0.2, -0.15) is 0 Å². The van der Waals surface area contributed by atoms with Crippen molar-refractivity contribution in [1.29, 1.82) is 0 Å². The molecule has 1 N–H and O–H groups in total. The lowest BCUT2D eigenvalue weighted by Gasteiger charge is -2.32. The van der Waals surface area contributed by atoms with Gasteiger partial charge in [0.25, 0.3) is 0 Å². The quantitative estimate of drug-likeness (QED) is 0.780. The summed E-state index contributed by atoms with van der Waals surface area (Å²) in [5.74, 6) is 0.212. The molecule has 0 heterocycles. The van der Waals surface area contributed by atoms with Crippen molar-refractivity contribution < 1.29 is 13.5 Å². The maximum absolute atomic E-state index is 14.0. The number of fused-ring (bicyclic) bond motifs is 1. The molecule has 2 aliphatic rings. The van der Waals surface area contributed by atoms with Crippen LogP contribution in [0.15, 0.2) is 18.2 Å². The molecule has 116 valence electrons. The topological polar surface area (TPSA) is 21.3 Å². The Morgan fingerprint density at radius 1 is 1.29 bits per heavy atom. The first-order chi connectivity index (χ1) is 10.1. The van der Waals surface area contributed by atoms with Crippen LogP contribution in [0.1, 0.15) is 24.8 Å². The zero-order valence-electron chi connectivity index (χ0n) is 12.5. The van der Waals surface area contributed by atoms with Crippen molar-refractivity contribution in [2.75, 3.05) is 26.8 Å². The summed E-state index contributed by atoms with van der Waals surface area (Å²) in [6, 6.07) is 4.52. The van der Waals surface area contributed by atoms with Crippen molar-refractivity contribution >= 4 is 0 Å². The lowest BCUT2D eigenvalue weighted by molar-refractivity contribution is 0.185. The summed E-state index contributed by atoms with van der Waals surface area (Å²) in [6.45, 7) is 2.34. The van der Waals surface area contributed by atoms with E-state index in [0.717, 1.165) is 37.8 Å². The molecule has 0 aromatic heterocycles. The highest BCUT2D eigenvalue weighted by Gasteiger charge is 2.53. The van der Waals surface area contributed by atoms with Gasteiger partial charge in [-0.05, 0) is 54.6 Å². The van der Waals surface area contributed by atoms with Crippen LogP contribution in [-0.4, -0.2) is 26.8 Å². The Labute approximate surface area is 124 Å². The molecule has 4 heteroatoms. The number of benzene rings is 1. The Balaban J connectivity index is 1.69. The van der Waals surface area contributed by atoms with Crippen LogP contribution >= 0.6 is 0 Å². The number of ether oxygens (including phenoxy) is 1. The van der Waals surface area contributed by atoms with E-state index in [1.807, 2.05) is 0 Å². The molecule has 2 nitrogen and oxygen atoms in total. The minimum absolute atomic E-state index is 0.0793. The van der Waals surface area contributed by atoms with Gasteiger partial charge in [0.2, 0.25) is 0 Å². The van der Waals surface area contributed by atoms with E-state index in [9.17, 15) is 8.78 Å². The van der Waals surface area contributed by atoms with Crippen molar-refractivity contribution in [3.05, 3.63) is 35.4 Å². The number of hydrogen-bond donors (Lipinski definition) is 1. The van der Waals surface area contributed by atoms with E-state index < -0.39 is 11.6 Å². The molecule has 0 radical (unpaired) electrons. The first kappa shape index (κ1) is 14.9. The summed E-state index contributed by atoms with van der Waals surface area (Å²) < 4.78 is 32.4. The number of nitrogens with one attached hydrogen (secondary N) is 1. The molecule has 2 unspecified atom stereocenters. The van der Waals surface area contributed by atoms with E-state index in [0.29, 0.717) is 18.6 Å². The summed E-state index contributed by atoms with van der Waals surface area (Å²) in [4.78, 5) is 0. The largest absolute Gasteiger partial charge is 0.383 e.